The maximum Gasteiger partial charge on any atom is 0.0779 e. The molecule has 0 aliphatic carbocycles. The molecule has 2 atom stereocenters. The fourth-order valence-electron chi connectivity index (χ4n) is 0.356. The molecule has 0 aromatic rings. The third-order valence-electron chi connectivity index (χ3n) is 1.05. The van der Waals surface area contributed by atoms with Gasteiger partial charge in [0.2, 0.25) is 0 Å². The lowest BCUT2D eigenvalue weighted by Crippen LogP contribution is -2.19. The molecule has 0 bridgehead atoms. The van der Waals surface area contributed by atoms with Crippen molar-refractivity contribution in [3.05, 3.63) is 12.8 Å². The molecule has 2 unspecified atom stereocenters. The Labute approximate surface area is 79.8 Å². The van der Waals surface area contributed by atoms with Gasteiger partial charge in [-0.1, -0.05) is 6.58 Å². The van der Waals surface area contributed by atoms with Crippen LogP contribution >= 0.6 is 0 Å². The summed E-state index contributed by atoms with van der Waals surface area (Å²) in [5, 5.41) is 17.1. The lowest BCUT2D eigenvalue weighted by molar-refractivity contribution is -0.0177. The van der Waals surface area contributed by atoms with Crippen molar-refractivity contribution in [1.29, 1.82) is 0 Å². The van der Waals surface area contributed by atoms with Gasteiger partial charge in [-0.2, -0.15) is 0 Å². The van der Waals surface area contributed by atoms with Crippen LogP contribution in [0.2, 0.25) is 0 Å². The molecule has 4 heteroatoms. The molecule has 0 saturated heterocycles. The van der Waals surface area contributed by atoms with Crippen LogP contribution in [0.1, 0.15) is 13.8 Å². The van der Waals surface area contributed by atoms with Crippen LogP contribution in [-0.2, 0) is 9.47 Å². The minimum absolute atomic E-state index is 0.00667. The summed E-state index contributed by atoms with van der Waals surface area (Å²) in [5.74, 6) is 0. The molecular formula is C9H20O4. The zero-order valence-electron chi connectivity index (χ0n) is 8.56. The van der Waals surface area contributed by atoms with Gasteiger partial charge in [0.1, 0.15) is 0 Å². The molecule has 0 amide bonds. The van der Waals surface area contributed by atoms with Gasteiger partial charge in [0.25, 0.3) is 0 Å². The molecule has 2 N–H and O–H groups in total. The third-order valence-corrected chi connectivity index (χ3v) is 1.05. The van der Waals surface area contributed by atoms with E-state index < -0.39 is 6.10 Å². The van der Waals surface area contributed by atoms with Gasteiger partial charge in [-0.3, -0.25) is 0 Å². The summed E-state index contributed by atoms with van der Waals surface area (Å²) in [7, 11) is 1.56. The molecule has 80 valence electrons. The summed E-state index contributed by atoms with van der Waals surface area (Å²) in [6.45, 7) is 6.95. The lowest BCUT2D eigenvalue weighted by Gasteiger charge is -2.10. The predicted octanol–water partition coefficient (Wildman–Crippen LogP) is 0.541. The number of methoxy groups -OCH3 is 1. The molecule has 0 heterocycles. The predicted molar refractivity (Wildman–Crippen MR) is 51.4 cm³/mol. The quantitative estimate of drug-likeness (QED) is 0.624. The highest BCUT2D eigenvalue weighted by Gasteiger charge is 2.00. The van der Waals surface area contributed by atoms with Crippen molar-refractivity contribution in [1.82, 2.24) is 0 Å². The van der Waals surface area contributed by atoms with Crippen LogP contribution in [-0.4, -0.2) is 42.7 Å². The lowest BCUT2D eigenvalue weighted by atomic mass is 10.4. The van der Waals surface area contributed by atoms with Gasteiger partial charge in [-0.05, 0) is 13.8 Å². The zero-order valence-corrected chi connectivity index (χ0v) is 8.56. The van der Waals surface area contributed by atoms with E-state index in [1.54, 1.807) is 21.0 Å². The van der Waals surface area contributed by atoms with Gasteiger partial charge in [0, 0.05) is 0 Å². The Bertz CT molecular complexity index is 104. The second kappa shape index (κ2) is 11.4. The SMILES string of the molecule is C=COC.CC(O)COC(C)CO. The Morgan fingerprint density at radius 3 is 2.15 bits per heavy atom. The maximum atomic E-state index is 8.69. The summed E-state index contributed by atoms with van der Waals surface area (Å²) in [4.78, 5) is 0. The normalized spacial score (nSPS) is 13.6. The Balaban J connectivity index is 0. The molecule has 0 saturated carbocycles. The Kier molecular flexibility index (Phi) is 13.1. The highest BCUT2D eigenvalue weighted by molar-refractivity contribution is 4.47. The third kappa shape index (κ3) is 18.4. The molecule has 0 aliphatic rings. The van der Waals surface area contributed by atoms with E-state index in [9.17, 15) is 0 Å². The van der Waals surface area contributed by atoms with Crippen LogP contribution < -0.4 is 0 Å². The van der Waals surface area contributed by atoms with Gasteiger partial charge in [-0.15, -0.1) is 0 Å². The number of hydrogen-bond acceptors (Lipinski definition) is 4. The zero-order chi connectivity index (χ0) is 10.7. The second-order valence-corrected chi connectivity index (χ2v) is 2.58. The molecule has 0 aliphatic heterocycles. The number of hydrogen-bond donors (Lipinski definition) is 2. The van der Waals surface area contributed by atoms with Crippen LogP contribution in [0.25, 0.3) is 0 Å². The van der Waals surface area contributed by atoms with Crippen molar-refractivity contribution in [2.45, 2.75) is 26.1 Å². The Hall–Kier alpha value is -0.580. The Morgan fingerprint density at radius 1 is 1.46 bits per heavy atom. The summed E-state index contributed by atoms with van der Waals surface area (Å²) < 4.78 is 9.26. The smallest absolute Gasteiger partial charge is 0.0779 e. The number of rotatable bonds is 5. The first-order valence-electron chi connectivity index (χ1n) is 4.12. The molecule has 0 fully saturated rings. The van der Waals surface area contributed by atoms with E-state index in [-0.39, 0.29) is 12.7 Å². The first-order chi connectivity index (χ1) is 6.08. The molecule has 0 spiro atoms. The van der Waals surface area contributed by atoms with Crippen molar-refractivity contribution in [2.75, 3.05) is 20.3 Å². The van der Waals surface area contributed by atoms with Crippen molar-refractivity contribution in [2.24, 2.45) is 0 Å². The van der Waals surface area contributed by atoms with Crippen molar-refractivity contribution in [3.63, 3.8) is 0 Å². The molecule has 0 aromatic carbocycles. The van der Waals surface area contributed by atoms with E-state index in [0.29, 0.717) is 6.61 Å². The van der Waals surface area contributed by atoms with Gasteiger partial charge >= 0.3 is 0 Å². The van der Waals surface area contributed by atoms with Crippen LogP contribution in [0, 0.1) is 0 Å². The monoisotopic (exact) mass is 192 g/mol. The highest BCUT2D eigenvalue weighted by Crippen LogP contribution is 1.90. The molecule has 0 radical (unpaired) electrons. The largest absolute Gasteiger partial charge is 0.505 e. The minimum Gasteiger partial charge on any atom is -0.505 e. The maximum absolute atomic E-state index is 8.69. The van der Waals surface area contributed by atoms with Gasteiger partial charge in [0.15, 0.2) is 0 Å². The van der Waals surface area contributed by atoms with Gasteiger partial charge < -0.3 is 19.7 Å². The molecule has 4 nitrogen and oxygen atoms in total. The van der Waals surface area contributed by atoms with E-state index in [1.165, 1.54) is 6.26 Å². The van der Waals surface area contributed by atoms with Crippen molar-refractivity contribution in [3.8, 4) is 0 Å². The molecule has 13 heavy (non-hydrogen) atoms. The fourth-order valence-corrected chi connectivity index (χ4v) is 0.356. The molecule has 0 aromatic heterocycles. The summed E-state index contributed by atoms with van der Waals surface area (Å²) in [6.07, 6.45) is 0.763. The number of aliphatic hydroxyl groups excluding tert-OH is 2. The standard InChI is InChI=1S/C6H14O3.C3H6O/c1-5(8)4-9-6(2)3-7;1-3-4-2/h5-8H,3-4H2,1-2H3;3H,1H2,2H3. The first-order valence-corrected chi connectivity index (χ1v) is 4.12. The summed E-state index contributed by atoms with van der Waals surface area (Å²) in [6, 6.07) is 0. The van der Waals surface area contributed by atoms with Crippen LogP contribution in [0.3, 0.4) is 0 Å². The summed E-state index contributed by atoms with van der Waals surface area (Å²) >= 11 is 0. The number of ether oxygens (including phenoxy) is 2. The fraction of sp³-hybridized carbons (Fsp3) is 0.778. The van der Waals surface area contributed by atoms with E-state index >= 15 is 0 Å². The van der Waals surface area contributed by atoms with Gasteiger partial charge in [0.05, 0.1) is 38.8 Å². The molecular weight excluding hydrogens is 172 g/mol. The average Bonchev–Trinajstić information content (AvgIpc) is 2.14. The summed E-state index contributed by atoms with van der Waals surface area (Å²) in [5.41, 5.74) is 0. The van der Waals surface area contributed by atoms with Gasteiger partial charge in [-0.25, -0.2) is 0 Å². The number of aliphatic hydroxyl groups is 2. The van der Waals surface area contributed by atoms with E-state index in [0.717, 1.165) is 0 Å². The topological polar surface area (TPSA) is 58.9 Å². The minimum atomic E-state index is -0.445. The Morgan fingerprint density at radius 2 is 1.92 bits per heavy atom. The van der Waals surface area contributed by atoms with Crippen LogP contribution in [0.5, 0.6) is 0 Å². The second-order valence-electron chi connectivity index (χ2n) is 2.58. The van der Waals surface area contributed by atoms with Crippen molar-refractivity contribution < 1.29 is 19.7 Å². The van der Waals surface area contributed by atoms with Crippen molar-refractivity contribution >= 4 is 0 Å². The van der Waals surface area contributed by atoms with E-state index in [2.05, 4.69) is 11.3 Å². The van der Waals surface area contributed by atoms with E-state index in [1.807, 2.05) is 0 Å². The highest BCUT2D eigenvalue weighted by atomic mass is 16.5. The van der Waals surface area contributed by atoms with Crippen LogP contribution in [0.15, 0.2) is 12.8 Å². The van der Waals surface area contributed by atoms with E-state index in [4.69, 9.17) is 14.9 Å². The average molecular weight is 192 g/mol. The van der Waals surface area contributed by atoms with Crippen LogP contribution in [0.4, 0.5) is 0 Å². The first kappa shape index (κ1) is 14.9. The molecule has 0 rings (SSSR count).